The van der Waals surface area contributed by atoms with Crippen molar-refractivity contribution in [1.29, 1.82) is 0 Å². The predicted octanol–water partition coefficient (Wildman–Crippen LogP) is 2.23. The number of halogens is 1. The SMILES string of the molecule is C=CC(=O)OC(C)C(N)c1ccccc1.Cl. The average Bonchev–Trinajstić information content (AvgIpc) is 2.29. The summed E-state index contributed by atoms with van der Waals surface area (Å²) in [4.78, 5) is 11.0. The molecule has 0 saturated heterocycles. The molecule has 0 spiro atoms. The molecule has 0 amide bonds. The highest BCUT2D eigenvalue weighted by molar-refractivity contribution is 5.85. The first kappa shape index (κ1) is 14.7. The Morgan fingerprint density at radius 1 is 1.44 bits per heavy atom. The summed E-state index contributed by atoms with van der Waals surface area (Å²) in [5.41, 5.74) is 6.88. The standard InChI is InChI=1S/C12H15NO2.ClH/c1-3-11(14)15-9(2)12(13)10-7-5-4-6-8-10;/h3-9,12H,1,13H2,2H3;1H. The lowest BCUT2D eigenvalue weighted by Crippen LogP contribution is -2.27. The van der Waals surface area contributed by atoms with Gasteiger partial charge in [-0.15, -0.1) is 12.4 Å². The number of esters is 1. The molecule has 0 heterocycles. The molecule has 0 radical (unpaired) electrons. The molecule has 0 aliphatic rings. The van der Waals surface area contributed by atoms with Crippen molar-refractivity contribution >= 4 is 18.4 Å². The first-order valence-electron chi connectivity index (χ1n) is 4.78. The topological polar surface area (TPSA) is 52.3 Å². The minimum absolute atomic E-state index is 0. The first-order chi connectivity index (χ1) is 7.15. The van der Waals surface area contributed by atoms with Gasteiger partial charge in [-0.05, 0) is 12.5 Å². The fourth-order valence-electron chi connectivity index (χ4n) is 1.25. The predicted molar refractivity (Wildman–Crippen MR) is 66.4 cm³/mol. The Morgan fingerprint density at radius 3 is 2.50 bits per heavy atom. The van der Waals surface area contributed by atoms with Crippen molar-refractivity contribution in [3.8, 4) is 0 Å². The molecular formula is C12H16ClNO2. The van der Waals surface area contributed by atoms with Gasteiger partial charge in [0.2, 0.25) is 0 Å². The molecular weight excluding hydrogens is 226 g/mol. The zero-order chi connectivity index (χ0) is 11.3. The normalized spacial score (nSPS) is 13.1. The van der Waals surface area contributed by atoms with Crippen LogP contribution in [0.2, 0.25) is 0 Å². The highest BCUT2D eigenvalue weighted by atomic mass is 35.5. The van der Waals surface area contributed by atoms with E-state index in [4.69, 9.17) is 10.5 Å². The average molecular weight is 242 g/mol. The third-order valence-corrected chi connectivity index (χ3v) is 2.16. The van der Waals surface area contributed by atoms with Crippen molar-refractivity contribution in [3.05, 3.63) is 48.6 Å². The van der Waals surface area contributed by atoms with E-state index in [9.17, 15) is 4.79 Å². The molecule has 16 heavy (non-hydrogen) atoms. The van der Waals surface area contributed by atoms with Gasteiger partial charge in [-0.3, -0.25) is 0 Å². The Morgan fingerprint density at radius 2 is 2.00 bits per heavy atom. The van der Waals surface area contributed by atoms with E-state index in [1.165, 1.54) is 0 Å². The van der Waals surface area contributed by atoms with Gasteiger partial charge in [-0.1, -0.05) is 36.9 Å². The van der Waals surface area contributed by atoms with Gasteiger partial charge >= 0.3 is 5.97 Å². The lowest BCUT2D eigenvalue weighted by atomic mass is 10.0. The van der Waals surface area contributed by atoms with Crippen LogP contribution in [0.3, 0.4) is 0 Å². The summed E-state index contributed by atoms with van der Waals surface area (Å²) in [5, 5.41) is 0. The van der Waals surface area contributed by atoms with Crippen LogP contribution in [0, 0.1) is 0 Å². The Labute approximate surface area is 102 Å². The number of hydrogen-bond acceptors (Lipinski definition) is 3. The maximum atomic E-state index is 11.0. The number of ether oxygens (including phenoxy) is 1. The van der Waals surface area contributed by atoms with Crippen LogP contribution in [-0.4, -0.2) is 12.1 Å². The summed E-state index contributed by atoms with van der Waals surface area (Å²) in [6, 6.07) is 9.21. The number of hydrogen-bond donors (Lipinski definition) is 1. The molecule has 0 bridgehead atoms. The van der Waals surface area contributed by atoms with Crippen LogP contribution >= 0.6 is 12.4 Å². The molecule has 2 unspecified atom stereocenters. The van der Waals surface area contributed by atoms with E-state index in [0.717, 1.165) is 11.6 Å². The van der Waals surface area contributed by atoms with E-state index in [-0.39, 0.29) is 24.6 Å². The van der Waals surface area contributed by atoms with Crippen LogP contribution in [0.4, 0.5) is 0 Å². The van der Waals surface area contributed by atoms with Gasteiger partial charge in [0.15, 0.2) is 0 Å². The minimum atomic E-state index is -0.450. The first-order valence-corrected chi connectivity index (χ1v) is 4.78. The van der Waals surface area contributed by atoms with Crippen molar-refractivity contribution < 1.29 is 9.53 Å². The number of carbonyl (C=O) groups excluding carboxylic acids is 1. The van der Waals surface area contributed by atoms with Crippen molar-refractivity contribution in [3.63, 3.8) is 0 Å². The second-order valence-electron chi connectivity index (χ2n) is 3.28. The van der Waals surface area contributed by atoms with E-state index in [0.29, 0.717) is 0 Å². The van der Waals surface area contributed by atoms with Gasteiger partial charge in [0.1, 0.15) is 6.10 Å². The lowest BCUT2D eigenvalue weighted by Gasteiger charge is -2.19. The fraction of sp³-hybridized carbons (Fsp3) is 0.250. The van der Waals surface area contributed by atoms with Crippen LogP contribution in [-0.2, 0) is 9.53 Å². The molecule has 0 fully saturated rings. The number of carbonyl (C=O) groups is 1. The van der Waals surface area contributed by atoms with E-state index in [1.54, 1.807) is 6.92 Å². The monoisotopic (exact) mass is 241 g/mol. The molecule has 0 saturated carbocycles. The molecule has 1 aromatic carbocycles. The van der Waals surface area contributed by atoms with Crippen LogP contribution in [0.5, 0.6) is 0 Å². The van der Waals surface area contributed by atoms with Crippen molar-refractivity contribution in [2.45, 2.75) is 19.1 Å². The molecule has 3 nitrogen and oxygen atoms in total. The van der Waals surface area contributed by atoms with Crippen LogP contribution < -0.4 is 5.73 Å². The van der Waals surface area contributed by atoms with E-state index in [1.807, 2.05) is 30.3 Å². The molecule has 1 aromatic rings. The van der Waals surface area contributed by atoms with Gasteiger partial charge in [-0.2, -0.15) is 0 Å². The highest BCUT2D eigenvalue weighted by Gasteiger charge is 2.17. The molecule has 2 atom stereocenters. The van der Waals surface area contributed by atoms with Gasteiger partial charge < -0.3 is 10.5 Å². The summed E-state index contributed by atoms with van der Waals surface area (Å²) in [7, 11) is 0. The summed E-state index contributed by atoms with van der Waals surface area (Å²) in [6.07, 6.45) is 0.770. The number of rotatable bonds is 4. The Bertz CT molecular complexity index is 340. The summed E-state index contributed by atoms with van der Waals surface area (Å²) < 4.78 is 5.03. The molecule has 4 heteroatoms. The third-order valence-electron chi connectivity index (χ3n) is 2.16. The zero-order valence-corrected chi connectivity index (χ0v) is 9.94. The van der Waals surface area contributed by atoms with Gasteiger partial charge in [0.25, 0.3) is 0 Å². The quantitative estimate of drug-likeness (QED) is 0.650. The van der Waals surface area contributed by atoms with Crippen LogP contribution in [0.15, 0.2) is 43.0 Å². The smallest absolute Gasteiger partial charge is 0.330 e. The van der Waals surface area contributed by atoms with Crippen molar-refractivity contribution in [1.82, 2.24) is 0 Å². The van der Waals surface area contributed by atoms with Crippen molar-refractivity contribution in [2.24, 2.45) is 5.73 Å². The fourth-order valence-corrected chi connectivity index (χ4v) is 1.25. The lowest BCUT2D eigenvalue weighted by molar-refractivity contribution is -0.143. The van der Waals surface area contributed by atoms with Crippen LogP contribution in [0.1, 0.15) is 18.5 Å². The molecule has 88 valence electrons. The van der Waals surface area contributed by atoms with Gasteiger partial charge in [-0.25, -0.2) is 4.79 Å². The summed E-state index contributed by atoms with van der Waals surface area (Å²) >= 11 is 0. The van der Waals surface area contributed by atoms with Crippen LogP contribution in [0.25, 0.3) is 0 Å². The Kier molecular flexibility index (Phi) is 6.46. The molecule has 1 rings (SSSR count). The third kappa shape index (κ3) is 4.04. The Hall–Kier alpha value is -1.32. The zero-order valence-electron chi connectivity index (χ0n) is 9.13. The highest BCUT2D eigenvalue weighted by Crippen LogP contribution is 2.15. The van der Waals surface area contributed by atoms with E-state index < -0.39 is 5.97 Å². The van der Waals surface area contributed by atoms with Crippen molar-refractivity contribution in [2.75, 3.05) is 0 Å². The maximum absolute atomic E-state index is 11.0. The molecule has 0 aliphatic carbocycles. The number of benzene rings is 1. The maximum Gasteiger partial charge on any atom is 0.330 e. The molecule has 0 aromatic heterocycles. The van der Waals surface area contributed by atoms with E-state index in [2.05, 4.69) is 6.58 Å². The Balaban J connectivity index is 0.00000225. The van der Waals surface area contributed by atoms with E-state index >= 15 is 0 Å². The summed E-state index contributed by atoms with van der Waals surface area (Å²) in [5.74, 6) is -0.450. The largest absolute Gasteiger partial charge is 0.458 e. The molecule has 2 N–H and O–H groups in total. The van der Waals surface area contributed by atoms with Gasteiger partial charge in [0.05, 0.1) is 6.04 Å². The second-order valence-corrected chi connectivity index (χ2v) is 3.28. The molecule has 0 aliphatic heterocycles. The second kappa shape index (κ2) is 7.04. The minimum Gasteiger partial charge on any atom is -0.458 e. The summed E-state index contributed by atoms with van der Waals surface area (Å²) in [6.45, 7) is 5.09. The van der Waals surface area contributed by atoms with Gasteiger partial charge in [0, 0.05) is 6.08 Å². The number of nitrogens with two attached hydrogens (primary N) is 1.